The number of hydrogen-bond donors (Lipinski definition) is 0. The number of fused-ring (bicyclic) bond motifs is 1. The van der Waals surface area contributed by atoms with Crippen molar-refractivity contribution in [2.75, 3.05) is 0 Å². The lowest BCUT2D eigenvalue weighted by molar-refractivity contribution is -0.141. The van der Waals surface area contributed by atoms with Crippen molar-refractivity contribution in [2.45, 2.75) is 6.73 Å². The second kappa shape index (κ2) is 6.65. The van der Waals surface area contributed by atoms with Gasteiger partial charge in [-0.1, -0.05) is 47.7 Å². The Morgan fingerprint density at radius 1 is 1.09 bits per heavy atom. The smallest absolute Gasteiger partial charge is 0.332 e. The van der Waals surface area contributed by atoms with Crippen molar-refractivity contribution in [3.63, 3.8) is 0 Å². The van der Waals surface area contributed by atoms with E-state index in [-0.39, 0.29) is 12.3 Å². The van der Waals surface area contributed by atoms with Crippen LogP contribution >= 0.6 is 0 Å². The van der Waals surface area contributed by atoms with Gasteiger partial charge in [0.2, 0.25) is 0 Å². The SMILES string of the molecule is O=C(/C=C/c1ccccc1)OCn1nnc2ccccc2c1=O. The quantitative estimate of drug-likeness (QED) is 0.544. The predicted molar refractivity (Wildman–Crippen MR) is 85.4 cm³/mol. The number of esters is 1. The van der Waals surface area contributed by atoms with E-state index in [2.05, 4.69) is 10.3 Å². The number of carbonyl (C=O) groups is 1. The lowest BCUT2D eigenvalue weighted by atomic mass is 10.2. The van der Waals surface area contributed by atoms with Gasteiger partial charge in [0.1, 0.15) is 5.52 Å². The minimum absolute atomic E-state index is 0.283. The fourth-order valence-electron chi connectivity index (χ4n) is 2.01. The Balaban J connectivity index is 1.69. The molecule has 0 bridgehead atoms. The average molecular weight is 307 g/mol. The monoisotopic (exact) mass is 307 g/mol. The van der Waals surface area contributed by atoms with Crippen molar-refractivity contribution in [1.82, 2.24) is 15.0 Å². The van der Waals surface area contributed by atoms with Gasteiger partial charge >= 0.3 is 5.97 Å². The van der Waals surface area contributed by atoms with E-state index in [4.69, 9.17) is 4.74 Å². The third-order valence-corrected chi connectivity index (χ3v) is 3.17. The number of benzene rings is 2. The zero-order valence-corrected chi connectivity index (χ0v) is 12.1. The van der Waals surface area contributed by atoms with Crippen LogP contribution in [0.4, 0.5) is 0 Å². The molecule has 0 unspecified atom stereocenters. The van der Waals surface area contributed by atoms with Gasteiger partial charge in [0, 0.05) is 6.08 Å². The first kappa shape index (κ1) is 14.6. The third-order valence-electron chi connectivity index (χ3n) is 3.17. The van der Waals surface area contributed by atoms with Crippen molar-refractivity contribution in [1.29, 1.82) is 0 Å². The van der Waals surface area contributed by atoms with Crippen molar-refractivity contribution in [3.05, 3.63) is 76.6 Å². The minimum atomic E-state index is -0.560. The van der Waals surface area contributed by atoms with Crippen LogP contribution in [0.3, 0.4) is 0 Å². The molecule has 0 saturated carbocycles. The number of aromatic nitrogens is 3. The molecule has 1 heterocycles. The molecule has 0 aliphatic rings. The first-order chi connectivity index (χ1) is 11.2. The van der Waals surface area contributed by atoms with Gasteiger partial charge in [-0.05, 0) is 23.8 Å². The Kier molecular flexibility index (Phi) is 4.24. The van der Waals surface area contributed by atoms with Gasteiger partial charge in [0.15, 0.2) is 6.73 Å². The summed E-state index contributed by atoms with van der Waals surface area (Å²) in [5.41, 5.74) is 1.03. The molecule has 23 heavy (non-hydrogen) atoms. The Hall–Kier alpha value is -3.28. The molecule has 114 valence electrons. The largest absolute Gasteiger partial charge is 0.439 e. The number of hydrogen-bond acceptors (Lipinski definition) is 5. The van der Waals surface area contributed by atoms with E-state index in [9.17, 15) is 9.59 Å². The maximum Gasteiger partial charge on any atom is 0.332 e. The highest BCUT2D eigenvalue weighted by molar-refractivity contribution is 5.86. The van der Waals surface area contributed by atoms with E-state index in [1.165, 1.54) is 6.08 Å². The molecule has 3 rings (SSSR count). The molecule has 0 spiro atoms. The van der Waals surface area contributed by atoms with Crippen LogP contribution in [0.2, 0.25) is 0 Å². The molecule has 0 fully saturated rings. The molecule has 0 N–H and O–H groups in total. The van der Waals surface area contributed by atoms with Crippen LogP contribution in [0.1, 0.15) is 5.56 Å². The molecule has 0 aliphatic carbocycles. The molecule has 0 atom stereocenters. The zero-order valence-electron chi connectivity index (χ0n) is 12.1. The molecule has 2 aromatic carbocycles. The van der Waals surface area contributed by atoms with Gasteiger partial charge in [0.25, 0.3) is 5.56 Å². The first-order valence-corrected chi connectivity index (χ1v) is 6.96. The van der Waals surface area contributed by atoms with Crippen LogP contribution in [-0.2, 0) is 16.3 Å². The Morgan fingerprint density at radius 2 is 1.83 bits per heavy atom. The molecular weight excluding hydrogens is 294 g/mol. The molecule has 0 amide bonds. The Morgan fingerprint density at radius 3 is 2.65 bits per heavy atom. The maximum absolute atomic E-state index is 12.2. The zero-order chi connectivity index (χ0) is 16.1. The summed E-state index contributed by atoms with van der Waals surface area (Å²) in [5.74, 6) is -0.560. The van der Waals surface area contributed by atoms with Crippen LogP contribution < -0.4 is 5.56 Å². The maximum atomic E-state index is 12.2. The lowest BCUT2D eigenvalue weighted by Crippen LogP contribution is -2.26. The number of rotatable bonds is 4. The molecule has 6 nitrogen and oxygen atoms in total. The summed E-state index contributed by atoms with van der Waals surface area (Å²) in [6.07, 6.45) is 2.94. The molecule has 0 saturated heterocycles. The van der Waals surface area contributed by atoms with E-state index in [1.807, 2.05) is 30.3 Å². The summed E-state index contributed by atoms with van der Waals surface area (Å²) in [7, 11) is 0. The average Bonchev–Trinajstić information content (AvgIpc) is 2.60. The van der Waals surface area contributed by atoms with Crippen LogP contribution in [0, 0.1) is 0 Å². The number of ether oxygens (including phenoxy) is 1. The van der Waals surface area contributed by atoms with Gasteiger partial charge in [-0.2, -0.15) is 4.68 Å². The second-order valence-corrected chi connectivity index (χ2v) is 4.75. The van der Waals surface area contributed by atoms with Crippen molar-refractivity contribution >= 4 is 22.9 Å². The van der Waals surface area contributed by atoms with Gasteiger partial charge < -0.3 is 4.74 Å². The summed E-state index contributed by atoms with van der Waals surface area (Å²) >= 11 is 0. The second-order valence-electron chi connectivity index (χ2n) is 4.75. The highest BCUT2D eigenvalue weighted by Gasteiger charge is 2.06. The standard InChI is InChI=1S/C17H13N3O3/c21-16(11-10-13-6-2-1-3-7-13)23-12-20-17(22)14-8-4-5-9-15(14)18-19-20/h1-11H,12H2/b11-10+. The van der Waals surface area contributed by atoms with Gasteiger partial charge in [-0.15, -0.1) is 5.10 Å². The van der Waals surface area contributed by atoms with Gasteiger partial charge in [-0.25, -0.2) is 4.79 Å². The molecule has 3 aromatic rings. The van der Waals surface area contributed by atoms with E-state index in [1.54, 1.807) is 30.3 Å². The van der Waals surface area contributed by atoms with Crippen molar-refractivity contribution in [3.8, 4) is 0 Å². The molecular formula is C17H13N3O3. The molecule has 0 radical (unpaired) electrons. The summed E-state index contributed by atoms with van der Waals surface area (Å²) in [6, 6.07) is 16.2. The van der Waals surface area contributed by atoms with E-state index >= 15 is 0 Å². The molecule has 1 aromatic heterocycles. The summed E-state index contributed by atoms with van der Waals surface area (Å²) in [5, 5.41) is 8.10. The van der Waals surface area contributed by atoms with Crippen LogP contribution in [-0.4, -0.2) is 21.0 Å². The topological polar surface area (TPSA) is 74.1 Å². The lowest BCUT2D eigenvalue weighted by Gasteiger charge is -2.04. The minimum Gasteiger partial charge on any atom is -0.439 e. The fraction of sp³-hybridized carbons (Fsp3) is 0.0588. The van der Waals surface area contributed by atoms with Crippen LogP contribution in [0.5, 0.6) is 0 Å². The van der Waals surface area contributed by atoms with Gasteiger partial charge in [0.05, 0.1) is 5.39 Å². The Labute approximate surface area is 131 Å². The highest BCUT2D eigenvalue weighted by atomic mass is 16.5. The highest BCUT2D eigenvalue weighted by Crippen LogP contribution is 2.04. The first-order valence-electron chi connectivity index (χ1n) is 6.96. The molecule has 0 aliphatic heterocycles. The summed E-state index contributed by atoms with van der Waals surface area (Å²) in [4.78, 5) is 23.9. The van der Waals surface area contributed by atoms with Crippen molar-refractivity contribution < 1.29 is 9.53 Å². The fourth-order valence-corrected chi connectivity index (χ4v) is 2.01. The normalized spacial score (nSPS) is 11.0. The summed E-state index contributed by atoms with van der Waals surface area (Å²) in [6.45, 7) is -0.283. The van der Waals surface area contributed by atoms with Gasteiger partial charge in [-0.3, -0.25) is 4.79 Å². The third kappa shape index (κ3) is 3.49. The Bertz CT molecular complexity index is 917. The van der Waals surface area contributed by atoms with Crippen LogP contribution in [0.15, 0.2) is 65.5 Å². The number of carbonyl (C=O) groups excluding carboxylic acids is 1. The van der Waals surface area contributed by atoms with E-state index in [0.717, 1.165) is 10.2 Å². The van der Waals surface area contributed by atoms with E-state index < -0.39 is 5.97 Å². The van der Waals surface area contributed by atoms with E-state index in [0.29, 0.717) is 10.9 Å². The number of nitrogens with zero attached hydrogens (tertiary/aromatic N) is 3. The summed E-state index contributed by atoms with van der Waals surface area (Å²) < 4.78 is 6.02. The van der Waals surface area contributed by atoms with Crippen LogP contribution in [0.25, 0.3) is 17.0 Å². The predicted octanol–water partition coefficient (Wildman–Crippen LogP) is 2.01. The van der Waals surface area contributed by atoms with Crippen molar-refractivity contribution in [2.24, 2.45) is 0 Å². The molecule has 6 heteroatoms.